The second-order valence-corrected chi connectivity index (χ2v) is 7.74. The van der Waals surface area contributed by atoms with Crippen LogP contribution in [0.2, 0.25) is 0 Å². The normalized spacial score (nSPS) is 22.4. The molecule has 1 N–H and O–H groups in total. The average Bonchev–Trinajstić information content (AvgIpc) is 3.38. The minimum absolute atomic E-state index is 0.0404. The lowest BCUT2D eigenvalue weighted by molar-refractivity contribution is -0.140. The van der Waals surface area contributed by atoms with Crippen molar-refractivity contribution in [2.45, 2.75) is 38.8 Å². The Labute approximate surface area is 174 Å². The topological polar surface area (TPSA) is 89.2 Å². The highest BCUT2D eigenvalue weighted by atomic mass is 16.5. The number of methoxy groups -OCH3 is 1. The molecule has 2 aliphatic heterocycles. The van der Waals surface area contributed by atoms with Crippen LogP contribution in [0.25, 0.3) is 5.76 Å². The van der Waals surface area contributed by atoms with Gasteiger partial charge in [0.05, 0.1) is 5.57 Å². The van der Waals surface area contributed by atoms with Crippen LogP contribution in [0.5, 0.6) is 5.75 Å². The number of aliphatic hydroxyl groups is 1. The molecule has 3 heterocycles. The molecule has 30 heavy (non-hydrogen) atoms. The molecule has 2 aliphatic rings. The number of carbonyl (C=O) groups is 2. The molecule has 0 saturated carbocycles. The van der Waals surface area contributed by atoms with Gasteiger partial charge in [-0.25, -0.2) is 0 Å². The molecule has 0 aliphatic carbocycles. The number of nitrogens with zero attached hydrogens (tertiary/aromatic N) is 1. The summed E-state index contributed by atoms with van der Waals surface area (Å²) in [6.45, 7) is 4.54. The van der Waals surface area contributed by atoms with E-state index in [1.165, 1.54) is 4.90 Å². The molecule has 0 radical (unpaired) electrons. The van der Waals surface area contributed by atoms with E-state index in [0.29, 0.717) is 36.7 Å². The maximum atomic E-state index is 12.9. The van der Waals surface area contributed by atoms with E-state index in [4.69, 9.17) is 13.9 Å². The Morgan fingerprint density at radius 3 is 2.77 bits per heavy atom. The van der Waals surface area contributed by atoms with E-state index in [1.54, 1.807) is 38.3 Å². The van der Waals surface area contributed by atoms with Gasteiger partial charge in [-0.1, -0.05) is 0 Å². The summed E-state index contributed by atoms with van der Waals surface area (Å²) < 4.78 is 16.6. The summed E-state index contributed by atoms with van der Waals surface area (Å²) in [6.07, 6.45) is 1.35. The number of rotatable bonds is 6. The summed E-state index contributed by atoms with van der Waals surface area (Å²) in [5.41, 5.74) is 1.49. The van der Waals surface area contributed by atoms with Gasteiger partial charge in [0.15, 0.2) is 0 Å². The van der Waals surface area contributed by atoms with Gasteiger partial charge < -0.3 is 23.9 Å². The van der Waals surface area contributed by atoms with Gasteiger partial charge in [-0.05, 0) is 56.2 Å². The largest absolute Gasteiger partial charge is 0.507 e. The number of carbonyl (C=O) groups excluding carboxylic acids is 2. The molecule has 1 aromatic carbocycles. The second kappa shape index (κ2) is 7.99. The van der Waals surface area contributed by atoms with Crippen molar-refractivity contribution in [3.63, 3.8) is 0 Å². The summed E-state index contributed by atoms with van der Waals surface area (Å²) in [5, 5.41) is 11.1. The minimum Gasteiger partial charge on any atom is -0.507 e. The Morgan fingerprint density at radius 1 is 1.27 bits per heavy atom. The zero-order valence-electron chi connectivity index (χ0n) is 17.3. The maximum absolute atomic E-state index is 12.9. The molecule has 1 fully saturated rings. The molecular weight excluding hydrogens is 386 g/mol. The zero-order chi connectivity index (χ0) is 21.4. The second-order valence-electron chi connectivity index (χ2n) is 7.74. The van der Waals surface area contributed by atoms with Gasteiger partial charge in [-0.2, -0.15) is 0 Å². The van der Waals surface area contributed by atoms with Crippen LogP contribution in [-0.2, 0) is 20.7 Å². The number of aryl methyl sites for hydroxylation is 1. The molecule has 0 spiro atoms. The highest BCUT2D eigenvalue weighted by Gasteiger charge is 2.47. The zero-order valence-corrected chi connectivity index (χ0v) is 17.3. The molecule has 1 aromatic heterocycles. The molecule has 158 valence electrons. The summed E-state index contributed by atoms with van der Waals surface area (Å²) in [5.74, 6) is 0.320. The van der Waals surface area contributed by atoms with Crippen molar-refractivity contribution in [2.24, 2.45) is 0 Å². The quantitative estimate of drug-likeness (QED) is 0.339. The first kappa shape index (κ1) is 20.2. The summed E-state index contributed by atoms with van der Waals surface area (Å²) >= 11 is 0. The molecule has 0 bridgehead atoms. The van der Waals surface area contributed by atoms with Gasteiger partial charge in [0, 0.05) is 32.2 Å². The lowest BCUT2D eigenvalue weighted by Crippen LogP contribution is -2.31. The molecule has 0 unspecified atom stereocenters. The Hall–Kier alpha value is -3.06. The number of hydrogen-bond acceptors (Lipinski definition) is 6. The number of furan rings is 1. The summed E-state index contributed by atoms with van der Waals surface area (Å²) in [6, 6.07) is 8.04. The predicted octanol–water partition coefficient (Wildman–Crippen LogP) is 3.37. The summed E-state index contributed by atoms with van der Waals surface area (Å²) in [4.78, 5) is 27.2. The maximum Gasteiger partial charge on any atom is 0.295 e. The highest BCUT2D eigenvalue weighted by molar-refractivity contribution is 6.46. The first-order chi connectivity index (χ1) is 14.4. The fourth-order valence-electron chi connectivity index (χ4n) is 4.11. The minimum atomic E-state index is -0.779. The molecule has 4 rings (SSSR count). The number of Topliss-reactive ketones (excluding diaryl/α,β-unsaturated/α-hetero) is 1. The molecule has 2 aromatic rings. The summed E-state index contributed by atoms with van der Waals surface area (Å²) in [7, 11) is 1.58. The van der Waals surface area contributed by atoms with Crippen LogP contribution in [0.3, 0.4) is 0 Å². The van der Waals surface area contributed by atoms with Crippen LogP contribution in [0.15, 0.2) is 40.3 Å². The van der Waals surface area contributed by atoms with Gasteiger partial charge in [-0.15, -0.1) is 0 Å². The first-order valence-electron chi connectivity index (χ1n) is 10.0. The van der Waals surface area contributed by atoms with E-state index in [-0.39, 0.29) is 17.4 Å². The molecule has 1 amide bonds. The SMILES string of the molecule is COCCCN1C(=O)C(=O)/C(=C(/O)c2ccc3c(c2)C[C@@H](C)O3)[C@H]1c1ccc(C)o1. The molecule has 7 nitrogen and oxygen atoms in total. The van der Waals surface area contributed by atoms with Crippen molar-refractivity contribution in [2.75, 3.05) is 20.3 Å². The van der Waals surface area contributed by atoms with Crippen LogP contribution in [0, 0.1) is 6.92 Å². The van der Waals surface area contributed by atoms with Crippen molar-refractivity contribution >= 4 is 17.4 Å². The van der Waals surface area contributed by atoms with Gasteiger partial charge in [-0.3, -0.25) is 9.59 Å². The van der Waals surface area contributed by atoms with Crippen molar-refractivity contribution in [1.82, 2.24) is 4.90 Å². The standard InChI is InChI=1S/C23H25NO6/c1-13-5-7-18(29-13)20-19(22(26)23(27)24(20)9-4-10-28-3)21(25)15-6-8-17-16(12-15)11-14(2)30-17/h5-8,12,14,20,25H,4,9-11H2,1-3H3/b21-19+/t14-,20-/m1/s1. The first-order valence-corrected chi connectivity index (χ1v) is 10.0. The third-order valence-corrected chi connectivity index (χ3v) is 5.49. The third-order valence-electron chi connectivity index (χ3n) is 5.49. The van der Waals surface area contributed by atoms with E-state index in [9.17, 15) is 14.7 Å². The van der Waals surface area contributed by atoms with E-state index >= 15 is 0 Å². The number of hydrogen-bond donors (Lipinski definition) is 1. The van der Waals surface area contributed by atoms with Gasteiger partial charge in [0.25, 0.3) is 11.7 Å². The average molecular weight is 411 g/mol. The number of ketones is 1. The van der Waals surface area contributed by atoms with Crippen LogP contribution < -0.4 is 4.74 Å². The number of benzene rings is 1. The predicted molar refractivity (Wildman–Crippen MR) is 109 cm³/mol. The highest BCUT2D eigenvalue weighted by Crippen LogP contribution is 2.41. The lowest BCUT2D eigenvalue weighted by atomic mass is 9.97. The lowest BCUT2D eigenvalue weighted by Gasteiger charge is -2.23. The molecular formula is C23H25NO6. The van der Waals surface area contributed by atoms with Crippen LogP contribution in [0.4, 0.5) is 0 Å². The smallest absolute Gasteiger partial charge is 0.295 e. The van der Waals surface area contributed by atoms with Crippen molar-refractivity contribution in [1.29, 1.82) is 0 Å². The van der Waals surface area contributed by atoms with E-state index in [2.05, 4.69) is 0 Å². The number of likely N-dealkylation sites (tertiary alicyclic amines) is 1. The Balaban J connectivity index is 1.78. The number of aliphatic hydroxyl groups excluding tert-OH is 1. The number of fused-ring (bicyclic) bond motifs is 1. The molecule has 1 saturated heterocycles. The van der Waals surface area contributed by atoms with E-state index in [1.807, 2.05) is 13.0 Å². The fraction of sp³-hybridized carbons (Fsp3) is 0.391. The third kappa shape index (κ3) is 3.50. The van der Waals surface area contributed by atoms with Crippen molar-refractivity contribution < 1.29 is 28.6 Å². The van der Waals surface area contributed by atoms with Crippen molar-refractivity contribution in [3.05, 3.63) is 58.6 Å². The Morgan fingerprint density at radius 2 is 2.07 bits per heavy atom. The number of ether oxygens (including phenoxy) is 2. The Kier molecular flexibility index (Phi) is 5.39. The van der Waals surface area contributed by atoms with Crippen LogP contribution in [-0.4, -0.2) is 48.1 Å². The Bertz CT molecular complexity index is 1020. The van der Waals surface area contributed by atoms with Crippen molar-refractivity contribution in [3.8, 4) is 5.75 Å². The van der Waals surface area contributed by atoms with Crippen LogP contribution in [0.1, 0.15) is 42.0 Å². The van der Waals surface area contributed by atoms with Crippen LogP contribution >= 0.6 is 0 Å². The monoisotopic (exact) mass is 411 g/mol. The van der Waals surface area contributed by atoms with E-state index in [0.717, 1.165) is 17.7 Å². The van der Waals surface area contributed by atoms with E-state index < -0.39 is 17.7 Å². The van der Waals surface area contributed by atoms with Gasteiger partial charge in [0.1, 0.15) is 35.2 Å². The molecule has 2 atom stereocenters. The number of amides is 1. The van der Waals surface area contributed by atoms with Gasteiger partial charge in [0.2, 0.25) is 0 Å². The van der Waals surface area contributed by atoms with Gasteiger partial charge >= 0.3 is 0 Å². The fourth-order valence-corrected chi connectivity index (χ4v) is 4.11. The molecule has 7 heteroatoms.